The lowest BCUT2D eigenvalue weighted by Crippen LogP contribution is -2.36. The van der Waals surface area contributed by atoms with E-state index in [1.165, 1.54) is 17.4 Å². The number of hydrogen-bond acceptors (Lipinski definition) is 5. The normalized spacial score (nSPS) is 20.3. The van der Waals surface area contributed by atoms with Crippen molar-refractivity contribution < 1.29 is 9.53 Å². The number of hydrogen-bond donors (Lipinski definition) is 0. The minimum atomic E-state index is 0.0139. The second kappa shape index (κ2) is 8.47. The van der Waals surface area contributed by atoms with Crippen molar-refractivity contribution in [2.24, 2.45) is 12.0 Å². The molecule has 0 aliphatic carbocycles. The number of aliphatic imine (C=N–C) groups is 1. The smallest absolute Gasteiger partial charge is 0.266 e. The van der Waals surface area contributed by atoms with Gasteiger partial charge in [-0.25, -0.2) is 4.99 Å². The van der Waals surface area contributed by atoms with Crippen LogP contribution in [-0.2, 0) is 16.6 Å². The maximum Gasteiger partial charge on any atom is 0.266 e. The molecular formula is C22H26N4O2S. The SMILES string of the molecule is CCN1C(=O)/C(=C/c2ccc(C)n2C)SC1=Nc1ccc(N2CCOCC2)cc1. The van der Waals surface area contributed by atoms with Gasteiger partial charge in [-0.3, -0.25) is 9.69 Å². The van der Waals surface area contributed by atoms with E-state index in [1.54, 1.807) is 4.90 Å². The molecule has 152 valence electrons. The van der Waals surface area contributed by atoms with Crippen molar-refractivity contribution in [1.29, 1.82) is 0 Å². The highest BCUT2D eigenvalue weighted by atomic mass is 32.2. The molecule has 0 unspecified atom stereocenters. The first-order valence-corrected chi connectivity index (χ1v) is 10.7. The van der Waals surface area contributed by atoms with Crippen molar-refractivity contribution in [2.45, 2.75) is 13.8 Å². The molecule has 2 aromatic rings. The molecule has 2 fully saturated rings. The van der Waals surface area contributed by atoms with Crippen LogP contribution < -0.4 is 4.90 Å². The van der Waals surface area contributed by atoms with Crippen LogP contribution in [0.2, 0.25) is 0 Å². The van der Waals surface area contributed by atoms with E-state index in [1.807, 2.05) is 38.2 Å². The summed E-state index contributed by atoms with van der Waals surface area (Å²) in [5, 5.41) is 0.730. The molecule has 1 aromatic heterocycles. The van der Waals surface area contributed by atoms with Crippen LogP contribution in [0.1, 0.15) is 18.3 Å². The first-order chi connectivity index (χ1) is 14.1. The topological polar surface area (TPSA) is 50.1 Å². The fourth-order valence-electron chi connectivity index (χ4n) is 3.45. The summed E-state index contributed by atoms with van der Waals surface area (Å²) >= 11 is 1.44. The van der Waals surface area contributed by atoms with Crippen molar-refractivity contribution >= 4 is 40.3 Å². The van der Waals surface area contributed by atoms with Gasteiger partial charge in [-0.1, -0.05) is 0 Å². The molecule has 29 heavy (non-hydrogen) atoms. The second-order valence-electron chi connectivity index (χ2n) is 7.13. The first kappa shape index (κ1) is 19.8. The minimum absolute atomic E-state index is 0.0139. The van der Waals surface area contributed by atoms with E-state index in [-0.39, 0.29) is 5.91 Å². The van der Waals surface area contributed by atoms with E-state index >= 15 is 0 Å². The van der Waals surface area contributed by atoms with Crippen molar-refractivity contribution in [3.05, 3.63) is 52.7 Å². The molecule has 2 saturated heterocycles. The number of morpholine rings is 1. The molecule has 2 aliphatic heterocycles. The Kier molecular flexibility index (Phi) is 5.78. The third-order valence-corrected chi connectivity index (χ3v) is 6.35. The number of ether oxygens (including phenoxy) is 1. The van der Waals surface area contributed by atoms with E-state index < -0.39 is 0 Å². The van der Waals surface area contributed by atoms with Crippen LogP contribution in [0.5, 0.6) is 0 Å². The summed E-state index contributed by atoms with van der Waals surface area (Å²) in [7, 11) is 2.01. The molecule has 3 heterocycles. The largest absolute Gasteiger partial charge is 0.378 e. The highest BCUT2D eigenvalue weighted by Gasteiger charge is 2.32. The van der Waals surface area contributed by atoms with Gasteiger partial charge >= 0.3 is 0 Å². The van der Waals surface area contributed by atoms with Crippen LogP contribution >= 0.6 is 11.8 Å². The van der Waals surface area contributed by atoms with Gasteiger partial charge in [0.15, 0.2) is 5.17 Å². The van der Waals surface area contributed by atoms with E-state index in [2.05, 4.69) is 34.6 Å². The fraction of sp³-hybridized carbons (Fsp3) is 0.364. The molecule has 6 nitrogen and oxygen atoms in total. The molecule has 4 rings (SSSR count). The Bertz CT molecular complexity index is 956. The number of amides is 1. The molecule has 0 bridgehead atoms. The Labute approximate surface area is 175 Å². The molecule has 1 amide bonds. The molecule has 7 heteroatoms. The van der Waals surface area contributed by atoms with Crippen LogP contribution in [-0.4, -0.2) is 53.4 Å². The second-order valence-corrected chi connectivity index (χ2v) is 8.14. The number of aryl methyl sites for hydroxylation is 1. The number of nitrogens with zero attached hydrogens (tertiary/aromatic N) is 4. The molecule has 0 N–H and O–H groups in total. The number of likely N-dealkylation sites (N-methyl/N-ethyl adjacent to an activating group) is 1. The number of aromatic nitrogens is 1. The van der Waals surface area contributed by atoms with Gasteiger partial charge in [0.25, 0.3) is 5.91 Å². The maximum absolute atomic E-state index is 12.8. The summed E-state index contributed by atoms with van der Waals surface area (Å²) in [6, 6.07) is 12.3. The lowest BCUT2D eigenvalue weighted by Gasteiger charge is -2.28. The van der Waals surface area contributed by atoms with E-state index in [0.717, 1.165) is 48.5 Å². The van der Waals surface area contributed by atoms with Gasteiger partial charge in [-0.2, -0.15) is 0 Å². The summed E-state index contributed by atoms with van der Waals surface area (Å²) in [6.45, 7) is 7.99. The summed E-state index contributed by atoms with van der Waals surface area (Å²) in [4.78, 5) is 22.4. The van der Waals surface area contributed by atoms with Crippen LogP contribution in [0.4, 0.5) is 11.4 Å². The van der Waals surface area contributed by atoms with Crippen molar-refractivity contribution in [1.82, 2.24) is 9.47 Å². The molecule has 1 aromatic carbocycles. The molecule has 0 atom stereocenters. The zero-order valence-electron chi connectivity index (χ0n) is 17.1. The third-order valence-electron chi connectivity index (χ3n) is 5.35. The average molecular weight is 411 g/mol. The average Bonchev–Trinajstić information content (AvgIpc) is 3.22. The van der Waals surface area contributed by atoms with Crippen molar-refractivity contribution in [3.8, 4) is 0 Å². The van der Waals surface area contributed by atoms with Crippen LogP contribution in [0.15, 0.2) is 46.3 Å². The Morgan fingerprint density at radius 1 is 1.14 bits per heavy atom. The van der Waals surface area contributed by atoms with Crippen LogP contribution in [0.3, 0.4) is 0 Å². The van der Waals surface area contributed by atoms with Crippen molar-refractivity contribution in [2.75, 3.05) is 37.7 Å². The van der Waals surface area contributed by atoms with Crippen LogP contribution in [0, 0.1) is 6.92 Å². The van der Waals surface area contributed by atoms with Crippen LogP contribution in [0.25, 0.3) is 6.08 Å². The Morgan fingerprint density at radius 3 is 2.48 bits per heavy atom. The molecule has 0 saturated carbocycles. The number of anilines is 1. The summed E-state index contributed by atoms with van der Waals surface area (Å²) < 4.78 is 7.50. The number of rotatable bonds is 4. The summed E-state index contributed by atoms with van der Waals surface area (Å²) in [5.74, 6) is 0.0139. The van der Waals surface area contributed by atoms with E-state index in [4.69, 9.17) is 9.73 Å². The van der Waals surface area contributed by atoms with Crippen molar-refractivity contribution in [3.63, 3.8) is 0 Å². The van der Waals surface area contributed by atoms with Gasteiger partial charge in [-0.05, 0) is 68.1 Å². The highest BCUT2D eigenvalue weighted by Crippen LogP contribution is 2.34. The number of benzene rings is 1. The Morgan fingerprint density at radius 2 is 1.86 bits per heavy atom. The van der Waals surface area contributed by atoms with Gasteiger partial charge < -0.3 is 14.2 Å². The van der Waals surface area contributed by atoms with Gasteiger partial charge in [0, 0.05) is 43.8 Å². The monoisotopic (exact) mass is 410 g/mol. The Balaban J connectivity index is 1.56. The van der Waals surface area contributed by atoms with Gasteiger partial charge in [0.05, 0.1) is 23.8 Å². The lowest BCUT2D eigenvalue weighted by molar-refractivity contribution is -0.122. The minimum Gasteiger partial charge on any atom is -0.378 e. The first-order valence-electron chi connectivity index (χ1n) is 9.92. The summed E-state index contributed by atoms with van der Waals surface area (Å²) in [5.41, 5.74) is 4.21. The van der Waals surface area contributed by atoms with E-state index in [0.29, 0.717) is 11.4 Å². The summed E-state index contributed by atoms with van der Waals surface area (Å²) in [6.07, 6.45) is 1.95. The number of amidine groups is 1. The molecule has 0 radical (unpaired) electrons. The quantitative estimate of drug-likeness (QED) is 0.720. The standard InChI is InChI=1S/C22H26N4O2S/c1-4-26-21(27)20(15-19-8-5-16(2)24(19)3)29-22(26)23-17-6-9-18(10-7-17)25-11-13-28-14-12-25/h5-10,15H,4,11-14H2,1-3H3/b20-15-,23-22?. The molecule has 0 spiro atoms. The van der Waals surface area contributed by atoms with Gasteiger partial charge in [0.1, 0.15) is 0 Å². The number of carbonyl (C=O) groups excluding carboxylic acids is 1. The fourth-order valence-corrected chi connectivity index (χ4v) is 4.50. The number of carbonyl (C=O) groups is 1. The predicted octanol–water partition coefficient (Wildman–Crippen LogP) is 3.79. The Hall–Kier alpha value is -2.51. The lowest BCUT2D eigenvalue weighted by atomic mass is 10.2. The highest BCUT2D eigenvalue weighted by molar-refractivity contribution is 8.18. The third kappa shape index (κ3) is 4.11. The van der Waals surface area contributed by atoms with E-state index in [9.17, 15) is 4.79 Å². The molecular weight excluding hydrogens is 384 g/mol. The van der Waals surface area contributed by atoms with Gasteiger partial charge in [-0.15, -0.1) is 0 Å². The zero-order chi connectivity index (χ0) is 20.4. The molecule has 2 aliphatic rings. The predicted molar refractivity (Wildman–Crippen MR) is 120 cm³/mol. The number of thioether (sulfide) groups is 1. The van der Waals surface area contributed by atoms with Gasteiger partial charge in [0.2, 0.25) is 0 Å². The zero-order valence-corrected chi connectivity index (χ0v) is 17.9. The maximum atomic E-state index is 12.8.